The topological polar surface area (TPSA) is 108 Å². The van der Waals surface area contributed by atoms with Gasteiger partial charge in [-0.3, -0.25) is 9.59 Å². The second-order valence-electron chi connectivity index (χ2n) is 8.31. The van der Waals surface area contributed by atoms with Gasteiger partial charge in [0.25, 0.3) is 0 Å². The Morgan fingerprint density at radius 3 is 2.61 bits per heavy atom. The zero-order valence-corrected chi connectivity index (χ0v) is 20.5. The molecule has 0 unspecified atom stereocenters. The number of benzene rings is 1. The lowest BCUT2D eigenvalue weighted by atomic mass is 9.95. The molecule has 2 amide bonds. The summed E-state index contributed by atoms with van der Waals surface area (Å²) >= 11 is 1.31. The van der Waals surface area contributed by atoms with Gasteiger partial charge in [-0.25, -0.2) is 17.8 Å². The van der Waals surface area contributed by atoms with Crippen LogP contribution in [0.2, 0.25) is 0 Å². The van der Waals surface area contributed by atoms with Crippen molar-refractivity contribution in [2.75, 3.05) is 18.4 Å². The lowest BCUT2D eigenvalue weighted by Crippen LogP contribution is -2.52. The average molecular weight is 497 g/mol. The van der Waals surface area contributed by atoms with Crippen molar-refractivity contribution in [1.82, 2.24) is 14.6 Å². The number of carbonyl (C=O) groups is 2. The third-order valence-corrected chi connectivity index (χ3v) is 8.60. The van der Waals surface area contributed by atoms with Gasteiger partial charge in [0.2, 0.25) is 21.8 Å². The minimum Gasteiger partial charge on any atom is -0.344 e. The molecular formula is C22H29FN4O4S2. The van der Waals surface area contributed by atoms with Crippen LogP contribution in [-0.4, -0.2) is 48.7 Å². The maximum atomic E-state index is 13.2. The van der Waals surface area contributed by atoms with E-state index < -0.39 is 27.8 Å². The molecule has 0 saturated carbocycles. The maximum Gasteiger partial charge on any atom is 0.249 e. The normalized spacial score (nSPS) is 19.0. The van der Waals surface area contributed by atoms with Gasteiger partial charge >= 0.3 is 0 Å². The number of nitrogens with one attached hydrogen (secondary N) is 2. The predicted octanol–water partition coefficient (Wildman–Crippen LogP) is 3.16. The first-order valence-electron chi connectivity index (χ1n) is 10.9. The SMILES string of the molecule is CC[C@@H](C)[C@@H](NC(=O)[C@@H]1CCCN(S(=O)(=O)c2ccc(F)cc2)C1)C(=O)Nc1nc(C)cs1. The number of anilines is 1. The highest BCUT2D eigenvalue weighted by molar-refractivity contribution is 7.89. The molecule has 33 heavy (non-hydrogen) atoms. The number of piperidine rings is 1. The van der Waals surface area contributed by atoms with Crippen LogP contribution in [-0.2, 0) is 19.6 Å². The van der Waals surface area contributed by atoms with E-state index in [2.05, 4.69) is 15.6 Å². The van der Waals surface area contributed by atoms with Gasteiger partial charge in [-0.2, -0.15) is 4.31 Å². The molecule has 1 aromatic heterocycles. The van der Waals surface area contributed by atoms with E-state index in [-0.39, 0.29) is 35.7 Å². The van der Waals surface area contributed by atoms with Crippen molar-refractivity contribution in [2.45, 2.75) is 51.0 Å². The number of aromatic nitrogens is 1. The molecule has 1 saturated heterocycles. The molecule has 180 valence electrons. The van der Waals surface area contributed by atoms with Crippen LogP contribution in [0, 0.1) is 24.6 Å². The molecule has 3 rings (SSSR count). The summed E-state index contributed by atoms with van der Waals surface area (Å²) in [6.45, 7) is 5.93. The minimum absolute atomic E-state index is 0.00601. The Bertz CT molecular complexity index is 1090. The molecule has 2 aromatic rings. The number of carbonyl (C=O) groups excluding carboxylic acids is 2. The van der Waals surface area contributed by atoms with E-state index in [1.807, 2.05) is 26.2 Å². The van der Waals surface area contributed by atoms with E-state index in [0.717, 1.165) is 17.8 Å². The first-order valence-corrected chi connectivity index (χ1v) is 13.2. The summed E-state index contributed by atoms with van der Waals surface area (Å²) in [7, 11) is -3.85. The van der Waals surface area contributed by atoms with Crippen molar-refractivity contribution < 1.29 is 22.4 Å². The quantitative estimate of drug-likeness (QED) is 0.584. The minimum atomic E-state index is -3.85. The number of hydrogen-bond donors (Lipinski definition) is 2. The van der Waals surface area contributed by atoms with Gasteiger partial charge in [0.05, 0.1) is 16.5 Å². The fourth-order valence-corrected chi connectivity index (χ4v) is 5.91. The van der Waals surface area contributed by atoms with Crippen molar-refractivity contribution in [3.05, 3.63) is 41.2 Å². The van der Waals surface area contributed by atoms with E-state index in [9.17, 15) is 22.4 Å². The van der Waals surface area contributed by atoms with Crippen LogP contribution in [0.1, 0.15) is 38.8 Å². The largest absolute Gasteiger partial charge is 0.344 e. The molecule has 0 aliphatic carbocycles. The number of hydrogen-bond acceptors (Lipinski definition) is 6. The zero-order chi connectivity index (χ0) is 24.2. The van der Waals surface area contributed by atoms with Crippen molar-refractivity contribution in [2.24, 2.45) is 11.8 Å². The molecule has 1 aliphatic heterocycles. The number of aryl methyl sites for hydroxylation is 1. The summed E-state index contributed by atoms with van der Waals surface area (Å²) in [5, 5.41) is 7.89. The molecule has 8 nitrogen and oxygen atoms in total. The Labute approximate surface area is 197 Å². The van der Waals surface area contributed by atoms with Crippen LogP contribution >= 0.6 is 11.3 Å². The molecule has 0 radical (unpaired) electrons. The molecule has 1 aromatic carbocycles. The van der Waals surface area contributed by atoms with Crippen LogP contribution < -0.4 is 10.6 Å². The number of sulfonamides is 1. The standard InChI is InChI=1S/C22H29FN4O4S2/c1-4-14(2)19(21(29)26-22-24-15(3)13-32-22)25-20(28)16-6-5-11-27(12-16)33(30,31)18-9-7-17(23)8-10-18/h7-10,13-14,16,19H,4-6,11-12H2,1-3H3,(H,25,28)(H,24,26,29)/t14-,16-,19-/m1/s1. The Balaban J connectivity index is 1.70. The Kier molecular flexibility index (Phi) is 8.19. The second-order valence-corrected chi connectivity index (χ2v) is 11.1. The summed E-state index contributed by atoms with van der Waals surface area (Å²) in [4.78, 5) is 30.2. The highest BCUT2D eigenvalue weighted by Gasteiger charge is 2.35. The van der Waals surface area contributed by atoms with E-state index in [0.29, 0.717) is 24.4 Å². The second kappa shape index (κ2) is 10.7. The molecular weight excluding hydrogens is 467 g/mol. The summed E-state index contributed by atoms with van der Waals surface area (Å²) < 4.78 is 40.4. The van der Waals surface area contributed by atoms with Gasteiger partial charge in [-0.05, 0) is 49.9 Å². The van der Waals surface area contributed by atoms with Gasteiger partial charge in [0, 0.05) is 18.5 Å². The molecule has 2 heterocycles. The summed E-state index contributed by atoms with van der Waals surface area (Å²) in [6.07, 6.45) is 1.70. The highest BCUT2D eigenvalue weighted by atomic mass is 32.2. The number of rotatable bonds is 8. The number of thiazole rings is 1. The average Bonchev–Trinajstić information content (AvgIpc) is 3.21. The molecule has 1 fully saturated rings. The van der Waals surface area contributed by atoms with Crippen molar-refractivity contribution in [3.8, 4) is 0 Å². The summed E-state index contributed by atoms with van der Waals surface area (Å²) in [6, 6.07) is 3.87. The van der Waals surface area contributed by atoms with E-state index in [4.69, 9.17) is 0 Å². The van der Waals surface area contributed by atoms with Crippen molar-refractivity contribution >= 4 is 38.3 Å². The first kappa shape index (κ1) is 25.3. The Morgan fingerprint density at radius 1 is 1.30 bits per heavy atom. The predicted molar refractivity (Wildman–Crippen MR) is 125 cm³/mol. The van der Waals surface area contributed by atoms with Crippen LogP contribution in [0.4, 0.5) is 9.52 Å². The fourth-order valence-electron chi connectivity index (χ4n) is 3.70. The van der Waals surface area contributed by atoms with Crippen LogP contribution in [0.5, 0.6) is 0 Å². The number of nitrogens with zero attached hydrogens (tertiary/aromatic N) is 2. The third kappa shape index (κ3) is 6.15. The van der Waals surface area contributed by atoms with Gasteiger partial charge in [-0.15, -0.1) is 11.3 Å². The van der Waals surface area contributed by atoms with Gasteiger partial charge in [-0.1, -0.05) is 20.3 Å². The highest BCUT2D eigenvalue weighted by Crippen LogP contribution is 2.25. The first-order chi connectivity index (χ1) is 15.6. The molecule has 0 bridgehead atoms. The molecule has 11 heteroatoms. The van der Waals surface area contributed by atoms with E-state index in [1.165, 1.54) is 27.8 Å². The third-order valence-electron chi connectivity index (χ3n) is 5.85. The van der Waals surface area contributed by atoms with Crippen molar-refractivity contribution in [3.63, 3.8) is 0 Å². The Hall–Kier alpha value is -2.37. The molecule has 3 atom stereocenters. The fraction of sp³-hybridized carbons (Fsp3) is 0.500. The van der Waals surface area contributed by atoms with E-state index in [1.54, 1.807) is 0 Å². The summed E-state index contributed by atoms with van der Waals surface area (Å²) in [5.41, 5.74) is 0.795. The molecule has 2 N–H and O–H groups in total. The van der Waals surface area contributed by atoms with Gasteiger partial charge in [0.15, 0.2) is 5.13 Å². The lowest BCUT2D eigenvalue weighted by molar-refractivity contribution is -0.131. The number of halogens is 1. The number of amides is 2. The smallest absolute Gasteiger partial charge is 0.249 e. The van der Waals surface area contributed by atoms with Gasteiger partial charge < -0.3 is 10.6 Å². The maximum absolute atomic E-state index is 13.2. The monoisotopic (exact) mass is 496 g/mol. The lowest BCUT2D eigenvalue weighted by Gasteiger charge is -2.32. The van der Waals surface area contributed by atoms with E-state index >= 15 is 0 Å². The zero-order valence-electron chi connectivity index (χ0n) is 18.9. The Morgan fingerprint density at radius 2 is 2.00 bits per heavy atom. The molecule has 1 aliphatic rings. The van der Waals surface area contributed by atoms with Crippen LogP contribution in [0.25, 0.3) is 0 Å². The van der Waals surface area contributed by atoms with Gasteiger partial charge in [0.1, 0.15) is 11.9 Å². The van der Waals surface area contributed by atoms with Crippen molar-refractivity contribution in [1.29, 1.82) is 0 Å². The van der Waals surface area contributed by atoms with Crippen LogP contribution in [0.15, 0.2) is 34.5 Å². The summed E-state index contributed by atoms with van der Waals surface area (Å²) in [5.74, 6) is -1.94. The molecule has 0 spiro atoms. The van der Waals surface area contributed by atoms with Crippen LogP contribution in [0.3, 0.4) is 0 Å².